The van der Waals surface area contributed by atoms with Crippen LogP contribution in [0.25, 0.3) is 22.6 Å². The summed E-state index contributed by atoms with van der Waals surface area (Å²) >= 11 is 5.15. The Bertz CT molecular complexity index is 1280. The number of benzene rings is 1. The maximum atomic E-state index is 12.4. The molecule has 0 unspecified atom stereocenters. The fraction of sp³-hybridized carbons (Fsp3) is 0.333. The van der Waals surface area contributed by atoms with Gasteiger partial charge in [-0.2, -0.15) is 0 Å². The highest BCUT2D eigenvalue weighted by atomic mass is 79.9. The summed E-state index contributed by atoms with van der Waals surface area (Å²) in [6.45, 7) is 1.75. The number of anilines is 3. The number of aromatic amines is 1. The lowest BCUT2D eigenvalue weighted by Crippen LogP contribution is -2.35. The Kier molecular flexibility index (Phi) is 6.51. The number of imidazole rings is 1. The van der Waals surface area contributed by atoms with E-state index < -0.39 is 0 Å². The molecule has 1 saturated heterocycles. The monoisotopic (exact) mass is 539 g/mol. The van der Waals surface area contributed by atoms with E-state index in [1.165, 1.54) is 11.3 Å². The topological polar surface area (TPSA) is 90.0 Å². The molecule has 0 radical (unpaired) electrons. The Morgan fingerprint density at radius 3 is 2.68 bits per heavy atom. The lowest BCUT2D eigenvalue weighted by atomic mass is 9.93. The summed E-state index contributed by atoms with van der Waals surface area (Å²) in [6, 6.07) is 8.32. The number of carbonyl (C=O) groups excluding carboxylic acids is 1. The lowest BCUT2D eigenvalue weighted by Gasteiger charge is -2.34. The van der Waals surface area contributed by atoms with Crippen LogP contribution in [0.2, 0.25) is 0 Å². The first-order chi connectivity index (χ1) is 16.5. The van der Waals surface area contributed by atoms with Crippen molar-refractivity contribution in [1.29, 1.82) is 0 Å². The summed E-state index contributed by atoms with van der Waals surface area (Å²) in [6.07, 6.45) is 5.96. The van der Waals surface area contributed by atoms with Crippen LogP contribution in [0, 0.1) is 5.92 Å². The summed E-state index contributed by atoms with van der Waals surface area (Å²) in [5.74, 6) is 1.21. The fourth-order valence-electron chi connectivity index (χ4n) is 4.36. The van der Waals surface area contributed by atoms with Gasteiger partial charge in [-0.05, 0) is 59.0 Å². The van der Waals surface area contributed by atoms with E-state index >= 15 is 0 Å². The van der Waals surface area contributed by atoms with E-state index in [4.69, 9.17) is 4.98 Å². The number of aromatic nitrogens is 4. The maximum Gasteiger partial charge on any atom is 0.226 e. The van der Waals surface area contributed by atoms with Crippen molar-refractivity contribution < 1.29 is 4.79 Å². The highest BCUT2D eigenvalue weighted by Crippen LogP contribution is 2.36. The first-order valence-electron chi connectivity index (χ1n) is 11.2. The van der Waals surface area contributed by atoms with Crippen LogP contribution in [0.4, 0.5) is 16.5 Å². The van der Waals surface area contributed by atoms with Gasteiger partial charge in [-0.1, -0.05) is 0 Å². The van der Waals surface area contributed by atoms with Crippen molar-refractivity contribution in [2.45, 2.75) is 19.3 Å². The average molecular weight is 540 g/mol. The van der Waals surface area contributed by atoms with Crippen molar-refractivity contribution >= 4 is 60.8 Å². The molecule has 3 aromatic heterocycles. The number of nitrogens with zero attached hydrogens (tertiary/aromatic N) is 5. The highest BCUT2D eigenvalue weighted by Gasteiger charge is 2.25. The van der Waals surface area contributed by atoms with Gasteiger partial charge in [0.05, 0.1) is 10.2 Å². The predicted octanol–water partition coefficient (Wildman–Crippen LogP) is 5.16. The summed E-state index contributed by atoms with van der Waals surface area (Å²) in [5, 5.41) is 5.42. The van der Waals surface area contributed by atoms with Gasteiger partial charge in [-0.25, -0.2) is 15.0 Å². The molecule has 10 heteroatoms. The molecule has 34 heavy (non-hydrogen) atoms. The molecular weight excluding hydrogens is 514 g/mol. The third-order valence-corrected chi connectivity index (χ3v) is 7.46. The first-order valence-corrected chi connectivity index (χ1v) is 12.9. The van der Waals surface area contributed by atoms with E-state index in [0.717, 1.165) is 58.7 Å². The van der Waals surface area contributed by atoms with Gasteiger partial charge < -0.3 is 20.1 Å². The van der Waals surface area contributed by atoms with Crippen LogP contribution in [-0.2, 0) is 4.79 Å². The van der Waals surface area contributed by atoms with E-state index in [-0.39, 0.29) is 5.91 Å². The van der Waals surface area contributed by atoms with Gasteiger partial charge in [0.15, 0.2) is 10.8 Å². The molecule has 176 valence electrons. The summed E-state index contributed by atoms with van der Waals surface area (Å²) < 4.78 is 0.943. The first kappa shape index (κ1) is 22.8. The third-order valence-electron chi connectivity index (χ3n) is 6.19. The molecule has 8 nitrogen and oxygen atoms in total. The van der Waals surface area contributed by atoms with E-state index in [1.54, 1.807) is 6.20 Å². The SMILES string of the molecule is CN(C)c1ccc(-c2nc3ncc(Br)c(N4CCC(CC(=O)Nc5nccs5)CC4)c3[nH]2)cc1. The zero-order valence-corrected chi connectivity index (χ0v) is 21.5. The van der Waals surface area contributed by atoms with Crippen LogP contribution in [0.3, 0.4) is 0 Å². The smallest absolute Gasteiger partial charge is 0.226 e. The number of halogens is 1. The third kappa shape index (κ3) is 4.78. The van der Waals surface area contributed by atoms with Crippen LogP contribution in [0.1, 0.15) is 19.3 Å². The van der Waals surface area contributed by atoms with Crippen LogP contribution >= 0.6 is 27.3 Å². The van der Waals surface area contributed by atoms with Crippen LogP contribution in [0.5, 0.6) is 0 Å². The molecule has 0 bridgehead atoms. The van der Waals surface area contributed by atoms with Gasteiger partial charge in [0, 0.05) is 62.6 Å². The minimum Gasteiger partial charge on any atom is -0.378 e. The zero-order valence-electron chi connectivity index (χ0n) is 19.1. The van der Waals surface area contributed by atoms with Gasteiger partial charge in [0.1, 0.15) is 11.3 Å². The van der Waals surface area contributed by atoms with E-state index in [2.05, 4.69) is 70.3 Å². The normalized spacial score (nSPS) is 14.5. The number of H-pyrrole nitrogens is 1. The van der Waals surface area contributed by atoms with Crippen molar-refractivity contribution in [3.63, 3.8) is 0 Å². The number of hydrogen-bond donors (Lipinski definition) is 2. The second kappa shape index (κ2) is 9.71. The van der Waals surface area contributed by atoms with Crippen LogP contribution in [0.15, 0.2) is 46.5 Å². The quantitative estimate of drug-likeness (QED) is 0.352. The summed E-state index contributed by atoms with van der Waals surface area (Å²) in [5.41, 5.74) is 4.88. The van der Waals surface area contributed by atoms with Crippen LogP contribution in [-0.4, -0.2) is 53.0 Å². The molecule has 1 aliphatic heterocycles. The largest absolute Gasteiger partial charge is 0.378 e. The second-order valence-electron chi connectivity index (χ2n) is 8.70. The van der Waals surface area contributed by atoms with Gasteiger partial charge in [-0.15, -0.1) is 11.3 Å². The van der Waals surface area contributed by atoms with E-state index in [9.17, 15) is 4.79 Å². The number of fused-ring (bicyclic) bond motifs is 1. The minimum absolute atomic E-state index is 0.0411. The summed E-state index contributed by atoms with van der Waals surface area (Å²) in [4.78, 5) is 33.7. The molecule has 1 aromatic carbocycles. The Labute approximate surface area is 210 Å². The predicted molar refractivity (Wildman–Crippen MR) is 142 cm³/mol. The Morgan fingerprint density at radius 1 is 1.24 bits per heavy atom. The standard InChI is InChI=1S/C24H26BrN7OS/c1-31(2)17-5-3-16(4-6-17)22-29-20-21(18(25)14-27-23(20)30-22)32-10-7-15(8-11-32)13-19(33)28-24-26-9-12-34-24/h3-6,9,12,14-15H,7-8,10-11,13H2,1-2H3,(H,26,28,33)(H,27,29,30). The lowest BCUT2D eigenvalue weighted by molar-refractivity contribution is -0.117. The van der Waals surface area contributed by atoms with Crippen molar-refractivity contribution in [3.05, 3.63) is 46.5 Å². The van der Waals surface area contributed by atoms with Crippen molar-refractivity contribution in [1.82, 2.24) is 19.9 Å². The van der Waals surface area contributed by atoms with E-state index in [0.29, 0.717) is 23.1 Å². The number of nitrogens with one attached hydrogen (secondary N) is 2. The molecule has 1 fully saturated rings. The van der Waals surface area contributed by atoms with Crippen LogP contribution < -0.4 is 15.1 Å². The van der Waals surface area contributed by atoms with Gasteiger partial charge in [0.2, 0.25) is 5.91 Å². The molecule has 4 heterocycles. The molecule has 4 aromatic rings. The van der Waals surface area contributed by atoms with Crippen molar-refractivity contribution in [2.75, 3.05) is 42.3 Å². The Morgan fingerprint density at radius 2 is 2.00 bits per heavy atom. The number of pyridine rings is 1. The zero-order chi connectivity index (χ0) is 23.7. The maximum absolute atomic E-state index is 12.4. The molecular formula is C24H26BrN7OS. The molecule has 5 rings (SSSR count). The number of thiazole rings is 1. The number of piperidine rings is 1. The number of amides is 1. The highest BCUT2D eigenvalue weighted by molar-refractivity contribution is 9.10. The van der Waals surface area contributed by atoms with Gasteiger partial charge >= 0.3 is 0 Å². The Hall–Kier alpha value is -2.98. The number of rotatable bonds is 6. The number of hydrogen-bond acceptors (Lipinski definition) is 7. The Balaban J connectivity index is 1.31. The molecule has 1 amide bonds. The van der Waals surface area contributed by atoms with Crippen molar-refractivity contribution in [2.24, 2.45) is 5.92 Å². The molecule has 0 saturated carbocycles. The molecule has 2 N–H and O–H groups in total. The molecule has 0 aliphatic carbocycles. The van der Waals surface area contributed by atoms with Gasteiger partial charge in [-0.3, -0.25) is 4.79 Å². The second-order valence-corrected chi connectivity index (χ2v) is 10.4. The van der Waals surface area contributed by atoms with Gasteiger partial charge in [0.25, 0.3) is 0 Å². The molecule has 1 aliphatic rings. The fourth-order valence-corrected chi connectivity index (χ4v) is 5.46. The minimum atomic E-state index is 0.0411. The van der Waals surface area contributed by atoms with E-state index in [1.807, 2.05) is 25.7 Å². The average Bonchev–Trinajstić information content (AvgIpc) is 3.50. The molecule has 0 atom stereocenters. The molecule has 0 spiro atoms. The van der Waals surface area contributed by atoms with Crippen molar-refractivity contribution in [3.8, 4) is 11.4 Å². The number of carbonyl (C=O) groups is 1. The summed E-state index contributed by atoms with van der Waals surface area (Å²) in [7, 11) is 4.06.